The molecule has 1 fully saturated rings. The number of ether oxygens (including phenoxy) is 1. The van der Waals surface area contributed by atoms with E-state index < -0.39 is 35.9 Å². The van der Waals surface area contributed by atoms with Crippen LogP contribution in [0.15, 0.2) is 30.3 Å². The Morgan fingerprint density at radius 3 is 2.30 bits per heavy atom. The number of carboxylic acids is 1. The van der Waals surface area contributed by atoms with E-state index >= 15 is 0 Å². The molecule has 0 heterocycles. The Morgan fingerprint density at radius 2 is 1.70 bits per heavy atom. The fourth-order valence-electron chi connectivity index (χ4n) is 4.22. The highest BCUT2D eigenvalue weighted by Gasteiger charge is 2.42. The molecule has 2 N–H and O–H groups in total. The van der Waals surface area contributed by atoms with Gasteiger partial charge in [0.2, 0.25) is 0 Å². The summed E-state index contributed by atoms with van der Waals surface area (Å²) in [5.74, 6) is -2.74. The molecule has 0 aliphatic heterocycles. The van der Waals surface area contributed by atoms with Gasteiger partial charge in [0.05, 0.1) is 12.0 Å². The zero-order valence-corrected chi connectivity index (χ0v) is 17.7. The van der Waals surface area contributed by atoms with Crippen LogP contribution >= 0.6 is 0 Å². The van der Waals surface area contributed by atoms with E-state index in [0.29, 0.717) is 23.9 Å². The molecule has 0 aromatic heterocycles. The van der Waals surface area contributed by atoms with Gasteiger partial charge in [-0.25, -0.2) is 0 Å². The summed E-state index contributed by atoms with van der Waals surface area (Å²) in [4.78, 5) is 10.6. The zero-order chi connectivity index (χ0) is 24.2. The van der Waals surface area contributed by atoms with Crippen molar-refractivity contribution >= 4 is 16.7 Å². The number of aliphatic carboxylic acids is 1. The summed E-state index contributed by atoms with van der Waals surface area (Å²) in [6.45, 7) is 0.659. The molecule has 0 radical (unpaired) electrons. The van der Waals surface area contributed by atoms with E-state index in [0.717, 1.165) is 0 Å². The van der Waals surface area contributed by atoms with Gasteiger partial charge in [-0.2, -0.15) is 26.3 Å². The smallest absolute Gasteiger partial charge is 0.420 e. The molecule has 0 spiro atoms. The van der Waals surface area contributed by atoms with Gasteiger partial charge in [0.15, 0.2) is 0 Å². The minimum Gasteiger partial charge on any atom is -0.490 e. The zero-order valence-electron chi connectivity index (χ0n) is 17.7. The van der Waals surface area contributed by atoms with Gasteiger partial charge in [-0.05, 0) is 61.1 Å². The minimum absolute atomic E-state index is 0.00760. The van der Waals surface area contributed by atoms with E-state index in [2.05, 4.69) is 5.32 Å². The van der Waals surface area contributed by atoms with Gasteiger partial charge < -0.3 is 15.2 Å². The minimum atomic E-state index is -4.72. The Labute approximate surface area is 186 Å². The quantitative estimate of drug-likeness (QED) is 0.346. The normalized spacial score (nSPS) is 19.6. The summed E-state index contributed by atoms with van der Waals surface area (Å²) >= 11 is 0. The number of halogens is 6. The SMILES string of the molecule is O=C(O)CCCNCc1cccc2c(C(F)(F)F)c(O[C@H]3CC[C@@H](C(F)(F)F)CC3)ccc12. The molecular weight excluding hydrogens is 452 g/mol. The maximum absolute atomic E-state index is 14.0. The first-order valence-corrected chi connectivity index (χ1v) is 10.7. The van der Waals surface area contributed by atoms with Crippen LogP contribution in [0.1, 0.15) is 49.7 Å². The monoisotopic (exact) mass is 477 g/mol. The van der Waals surface area contributed by atoms with Crippen LogP contribution in [0.3, 0.4) is 0 Å². The average Bonchev–Trinajstić information content (AvgIpc) is 2.72. The maximum atomic E-state index is 14.0. The summed E-state index contributed by atoms with van der Waals surface area (Å²) in [6.07, 6.45) is -9.59. The van der Waals surface area contributed by atoms with Gasteiger partial charge in [0, 0.05) is 13.0 Å². The molecule has 1 aliphatic rings. The second kappa shape index (κ2) is 10.2. The number of carboxylic acid groups (broad SMARTS) is 1. The lowest BCUT2D eigenvalue weighted by atomic mass is 9.87. The molecule has 10 heteroatoms. The lowest BCUT2D eigenvalue weighted by Crippen LogP contribution is -2.32. The summed E-state index contributed by atoms with van der Waals surface area (Å²) < 4.78 is 86.3. The van der Waals surface area contributed by atoms with E-state index in [-0.39, 0.29) is 49.8 Å². The van der Waals surface area contributed by atoms with E-state index in [9.17, 15) is 31.1 Å². The molecule has 0 unspecified atom stereocenters. The number of fused-ring (bicyclic) bond motifs is 1. The van der Waals surface area contributed by atoms with Crippen LogP contribution in [0.5, 0.6) is 5.75 Å². The predicted octanol–water partition coefficient (Wildman–Crippen LogP) is 6.31. The number of benzene rings is 2. The summed E-state index contributed by atoms with van der Waals surface area (Å²) in [5.41, 5.74) is -0.323. The highest BCUT2D eigenvalue weighted by molar-refractivity contribution is 5.91. The van der Waals surface area contributed by atoms with Gasteiger partial charge in [-0.15, -0.1) is 0 Å². The van der Waals surface area contributed by atoms with Crippen molar-refractivity contribution in [3.05, 3.63) is 41.5 Å². The molecule has 0 saturated heterocycles. The van der Waals surface area contributed by atoms with Crippen molar-refractivity contribution in [1.29, 1.82) is 0 Å². The molecule has 4 nitrogen and oxygen atoms in total. The van der Waals surface area contributed by atoms with Crippen LogP contribution in [-0.4, -0.2) is 29.9 Å². The number of rotatable bonds is 8. The summed E-state index contributed by atoms with van der Waals surface area (Å²) in [6, 6.07) is 7.29. The molecule has 3 rings (SSSR count). The van der Waals surface area contributed by atoms with Gasteiger partial charge in [0.25, 0.3) is 0 Å². The average molecular weight is 477 g/mol. The summed E-state index contributed by atoms with van der Waals surface area (Å²) in [7, 11) is 0. The molecule has 0 amide bonds. The molecular formula is C23H25F6NO3. The molecule has 182 valence electrons. The standard InChI is InChI=1S/C23H25F6NO3/c24-22(25,26)15-6-8-16(9-7-15)33-19-11-10-17-14(13-30-12-2-5-20(31)32)3-1-4-18(17)21(19)23(27,28)29/h1,3-4,10-11,15-16,30H,2,5-9,12-13H2,(H,31,32)/t15-,16+. The summed E-state index contributed by atoms with van der Waals surface area (Å²) in [5, 5.41) is 12.0. The number of alkyl halides is 6. The fourth-order valence-corrected chi connectivity index (χ4v) is 4.22. The number of hydrogen-bond acceptors (Lipinski definition) is 3. The Balaban J connectivity index is 1.80. The lowest BCUT2D eigenvalue weighted by Gasteiger charge is -2.31. The highest BCUT2D eigenvalue weighted by Crippen LogP contribution is 2.44. The first-order chi connectivity index (χ1) is 15.5. The van der Waals surface area contributed by atoms with Crippen LogP contribution in [0.2, 0.25) is 0 Å². The number of hydrogen-bond donors (Lipinski definition) is 2. The van der Waals surface area contributed by atoms with E-state index in [1.54, 1.807) is 6.07 Å². The van der Waals surface area contributed by atoms with Crippen molar-refractivity contribution < 1.29 is 41.0 Å². The van der Waals surface area contributed by atoms with Gasteiger partial charge in [-0.1, -0.05) is 24.3 Å². The topological polar surface area (TPSA) is 58.6 Å². The van der Waals surface area contributed by atoms with E-state index in [1.807, 2.05) is 0 Å². The van der Waals surface area contributed by atoms with Crippen LogP contribution < -0.4 is 10.1 Å². The predicted molar refractivity (Wildman–Crippen MR) is 110 cm³/mol. The van der Waals surface area contributed by atoms with Crippen LogP contribution in [-0.2, 0) is 17.5 Å². The van der Waals surface area contributed by atoms with Gasteiger partial charge in [0.1, 0.15) is 11.3 Å². The Morgan fingerprint density at radius 1 is 1.00 bits per heavy atom. The number of carbonyl (C=O) groups is 1. The van der Waals surface area contributed by atoms with Crippen molar-refractivity contribution in [2.75, 3.05) is 6.54 Å². The van der Waals surface area contributed by atoms with E-state index in [1.165, 1.54) is 24.3 Å². The largest absolute Gasteiger partial charge is 0.490 e. The van der Waals surface area contributed by atoms with Crippen molar-refractivity contribution in [3.63, 3.8) is 0 Å². The molecule has 2 aromatic carbocycles. The second-order valence-electron chi connectivity index (χ2n) is 8.26. The van der Waals surface area contributed by atoms with Crippen molar-refractivity contribution in [1.82, 2.24) is 5.32 Å². The highest BCUT2D eigenvalue weighted by atomic mass is 19.4. The Hall–Kier alpha value is -2.49. The van der Waals surface area contributed by atoms with Crippen LogP contribution in [0, 0.1) is 5.92 Å². The molecule has 0 atom stereocenters. The Kier molecular flexibility index (Phi) is 7.76. The Bertz CT molecular complexity index is 965. The van der Waals surface area contributed by atoms with Gasteiger partial charge in [-0.3, -0.25) is 4.79 Å². The second-order valence-corrected chi connectivity index (χ2v) is 8.26. The van der Waals surface area contributed by atoms with Gasteiger partial charge >= 0.3 is 18.3 Å². The lowest BCUT2D eigenvalue weighted by molar-refractivity contribution is -0.185. The molecule has 1 saturated carbocycles. The third-order valence-electron chi connectivity index (χ3n) is 5.89. The molecule has 0 bridgehead atoms. The molecule has 2 aromatic rings. The molecule has 1 aliphatic carbocycles. The van der Waals surface area contributed by atoms with Crippen molar-refractivity contribution in [2.24, 2.45) is 5.92 Å². The van der Waals surface area contributed by atoms with Crippen LogP contribution in [0.4, 0.5) is 26.3 Å². The number of nitrogens with one attached hydrogen (secondary N) is 1. The van der Waals surface area contributed by atoms with Crippen LogP contribution in [0.25, 0.3) is 10.8 Å². The first-order valence-electron chi connectivity index (χ1n) is 10.7. The third-order valence-corrected chi connectivity index (χ3v) is 5.89. The maximum Gasteiger partial charge on any atom is 0.420 e. The van der Waals surface area contributed by atoms with Crippen molar-refractivity contribution in [3.8, 4) is 5.75 Å². The third kappa shape index (κ3) is 6.52. The van der Waals surface area contributed by atoms with Crippen molar-refractivity contribution in [2.45, 2.75) is 63.5 Å². The molecule has 33 heavy (non-hydrogen) atoms. The first kappa shape index (κ1) is 25.1. The van der Waals surface area contributed by atoms with E-state index in [4.69, 9.17) is 9.84 Å². The fraction of sp³-hybridized carbons (Fsp3) is 0.522.